The third-order valence-electron chi connectivity index (χ3n) is 3.45. The number of nitrogens with one attached hydrogen (secondary N) is 1. The van der Waals surface area contributed by atoms with E-state index in [0.29, 0.717) is 12.1 Å². The maximum atomic E-state index is 13.6. The second kappa shape index (κ2) is 6.97. The molecule has 1 aromatic rings. The summed E-state index contributed by atoms with van der Waals surface area (Å²) in [4.78, 5) is 11.2. The van der Waals surface area contributed by atoms with Gasteiger partial charge in [0.1, 0.15) is 0 Å². The molecule has 1 rings (SSSR count). The SMILES string of the molecule is O=C(Nc1ccc(O)c(O)c1)C(F)(F)C(F)(F)C(F)(F)C(F)(F)C(F)(F)C(F)(F)F. The number of anilines is 1. The molecule has 0 aromatic heterocycles. The lowest BCUT2D eigenvalue weighted by Gasteiger charge is -2.39. The Balaban J connectivity index is 3.40. The highest BCUT2D eigenvalue weighted by Crippen LogP contribution is 2.60. The van der Waals surface area contributed by atoms with Crippen LogP contribution in [0.2, 0.25) is 0 Å². The minimum Gasteiger partial charge on any atom is -0.504 e. The smallest absolute Gasteiger partial charge is 0.460 e. The lowest BCUT2D eigenvalue weighted by Crippen LogP contribution is -2.71. The van der Waals surface area contributed by atoms with E-state index in [1.165, 1.54) is 0 Å². The third-order valence-corrected chi connectivity index (χ3v) is 3.45. The Bertz CT molecular complexity index is 819. The Kier molecular flexibility index (Phi) is 5.90. The number of rotatable bonds is 6. The number of phenolic OH excluding ortho intramolecular Hbond substituents is 2. The monoisotopic (exact) mass is 471 g/mol. The van der Waals surface area contributed by atoms with Crippen molar-refractivity contribution in [3.05, 3.63) is 18.2 Å². The van der Waals surface area contributed by atoms with E-state index in [4.69, 9.17) is 10.2 Å². The van der Waals surface area contributed by atoms with Gasteiger partial charge in [-0.15, -0.1) is 0 Å². The normalized spacial score (nSPS) is 14.6. The van der Waals surface area contributed by atoms with E-state index >= 15 is 0 Å². The van der Waals surface area contributed by atoms with Crippen LogP contribution in [0.4, 0.5) is 62.8 Å². The fraction of sp³-hybridized carbons (Fsp3) is 0.462. The van der Waals surface area contributed by atoms with Crippen LogP contribution in [0.15, 0.2) is 18.2 Å². The van der Waals surface area contributed by atoms with E-state index in [1.807, 2.05) is 0 Å². The number of phenols is 2. The summed E-state index contributed by atoms with van der Waals surface area (Å²) in [5.74, 6) is -44.5. The minimum atomic E-state index is -8.12. The zero-order chi connectivity index (χ0) is 24.1. The van der Waals surface area contributed by atoms with Gasteiger partial charge in [0.15, 0.2) is 11.5 Å². The molecule has 1 amide bonds. The Morgan fingerprint density at radius 3 is 1.50 bits per heavy atom. The summed E-state index contributed by atoms with van der Waals surface area (Å²) in [6, 6.07) is 1.05. The molecule has 0 aliphatic rings. The fourth-order valence-corrected chi connectivity index (χ4v) is 1.72. The number of carbonyl (C=O) groups excluding carboxylic acids is 1. The van der Waals surface area contributed by atoms with Crippen molar-refractivity contribution in [1.82, 2.24) is 0 Å². The highest BCUT2D eigenvalue weighted by molar-refractivity contribution is 5.97. The van der Waals surface area contributed by atoms with Gasteiger partial charge in [0.25, 0.3) is 0 Å². The predicted octanol–water partition coefficient (Wildman–Crippen LogP) is 4.78. The molecule has 0 unspecified atom stereocenters. The second-order valence-electron chi connectivity index (χ2n) is 5.53. The number of benzene rings is 1. The summed E-state index contributed by atoms with van der Waals surface area (Å²) >= 11 is 0. The van der Waals surface area contributed by atoms with Gasteiger partial charge in [0.05, 0.1) is 0 Å². The first-order valence-electron chi connectivity index (χ1n) is 6.85. The molecule has 0 saturated heterocycles. The van der Waals surface area contributed by atoms with Crippen molar-refractivity contribution in [2.24, 2.45) is 0 Å². The number of carbonyl (C=O) groups is 1. The molecule has 0 radical (unpaired) electrons. The molecular weight excluding hydrogens is 465 g/mol. The van der Waals surface area contributed by atoms with Crippen molar-refractivity contribution in [2.75, 3.05) is 5.32 Å². The lowest BCUT2D eigenvalue weighted by atomic mass is 9.93. The van der Waals surface area contributed by atoms with Crippen molar-refractivity contribution >= 4 is 11.6 Å². The van der Waals surface area contributed by atoms with Crippen LogP contribution in [-0.2, 0) is 4.79 Å². The van der Waals surface area contributed by atoms with Gasteiger partial charge < -0.3 is 15.5 Å². The van der Waals surface area contributed by atoms with Crippen molar-refractivity contribution < 1.29 is 72.1 Å². The molecule has 172 valence electrons. The van der Waals surface area contributed by atoms with Crippen LogP contribution in [-0.4, -0.2) is 51.9 Å². The average Bonchev–Trinajstić information content (AvgIpc) is 2.56. The van der Waals surface area contributed by atoms with Gasteiger partial charge in [0, 0.05) is 11.8 Å². The average molecular weight is 471 g/mol. The molecule has 0 saturated carbocycles. The number of alkyl halides is 13. The summed E-state index contributed by atoms with van der Waals surface area (Å²) in [7, 11) is 0. The zero-order valence-corrected chi connectivity index (χ0v) is 13.4. The van der Waals surface area contributed by atoms with Crippen molar-refractivity contribution in [2.45, 2.75) is 35.8 Å². The molecule has 0 heterocycles. The maximum Gasteiger partial charge on any atom is 0.460 e. The first-order valence-corrected chi connectivity index (χ1v) is 6.85. The van der Waals surface area contributed by atoms with Gasteiger partial charge in [-0.05, 0) is 12.1 Å². The van der Waals surface area contributed by atoms with Crippen molar-refractivity contribution in [3.8, 4) is 11.5 Å². The number of amides is 1. The molecule has 0 fully saturated rings. The zero-order valence-electron chi connectivity index (χ0n) is 13.4. The van der Waals surface area contributed by atoms with Crippen LogP contribution in [0.1, 0.15) is 0 Å². The Morgan fingerprint density at radius 1 is 0.667 bits per heavy atom. The third kappa shape index (κ3) is 3.53. The Morgan fingerprint density at radius 2 is 1.10 bits per heavy atom. The number of hydrogen-bond acceptors (Lipinski definition) is 3. The van der Waals surface area contributed by atoms with E-state index in [0.717, 1.165) is 5.32 Å². The molecule has 0 aliphatic carbocycles. The highest BCUT2D eigenvalue weighted by Gasteiger charge is 2.91. The first kappa shape index (κ1) is 25.4. The highest BCUT2D eigenvalue weighted by atomic mass is 19.4. The summed E-state index contributed by atoms with van der Waals surface area (Å²) in [5.41, 5.74) is -1.11. The molecule has 4 nitrogen and oxygen atoms in total. The molecule has 3 N–H and O–H groups in total. The quantitative estimate of drug-likeness (QED) is 0.318. The number of aromatic hydroxyl groups is 2. The topological polar surface area (TPSA) is 69.6 Å². The molecule has 0 spiro atoms. The molecule has 0 atom stereocenters. The molecule has 0 aliphatic heterocycles. The van der Waals surface area contributed by atoms with E-state index < -0.39 is 58.9 Å². The van der Waals surface area contributed by atoms with Crippen molar-refractivity contribution in [1.29, 1.82) is 0 Å². The van der Waals surface area contributed by atoms with E-state index in [-0.39, 0.29) is 6.07 Å². The van der Waals surface area contributed by atoms with Crippen LogP contribution >= 0.6 is 0 Å². The Hall–Kier alpha value is -2.62. The van der Waals surface area contributed by atoms with Gasteiger partial charge in [-0.3, -0.25) is 4.79 Å². The van der Waals surface area contributed by atoms with Crippen LogP contribution in [0.3, 0.4) is 0 Å². The lowest BCUT2D eigenvalue weighted by molar-refractivity contribution is -0.435. The van der Waals surface area contributed by atoms with Crippen LogP contribution in [0, 0.1) is 0 Å². The Labute approximate surface area is 155 Å². The van der Waals surface area contributed by atoms with Crippen LogP contribution < -0.4 is 5.32 Å². The number of hydrogen-bond donors (Lipinski definition) is 3. The molecule has 30 heavy (non-hydrogen) atoms. The summed E-state index contributed by atoms with van der Waals surface area (Å²) in [5, 5.41) is 18.7. The fourth-order valence-electron chi connectivity index (χ4n) is 1.72. The minimum absolute atomic E-state index is 0.187. The van der Waals surface area contributed by atoms with Gasteiger partial charge in [-0.25, -0.2) is 0 Å². The standard InChI is InChI=1S/C13H6F13NO3/c14-8(15,7(30)27-4-1-2-5(28)6(29)3-4)9(16,17)10(18,19)11(20,21)12(22,23)13(24,25)26/h1-3,28-29H,(H,27,30). The van der Waals surface area contributed by atoms with Gasteiger partial charge >= 0.3 is 41.7 Å². The maximum absolute atomic E-state index is 13.6. The largest absolute Gasteiger partial charge is 0.504 e. The molecular formula is C13H6F13NO3. The van der Waals surface area contributed by atoms with Crippen LogP contribution in [0.25, 0.3) is 0 Å². The summed E-state index contributed by atoms with van der Waals surface area (Å²) < 4.78 is 168. The molecule has 1 aromatic carbocycles. The van der Waals surface area contributed by atoms with E-state index in [2.05, 4.69) is 0 Å². The molecule has 17 heteroatoms. The second-order valence-corrected chi connectivity index (χ2v) is 5.53. The summed E-state index contributed by atoms with van der Waals surface area (Å²) in [6.07, 6.45) is -7.56. The van der Waals surface area contributed by atoms with Crippen LogP contribution in [0.5, 0.6) is 11.5 Å². The molecule has 0 bridgehead atoms. The van der Waals surface area contributed by atoms with Crippen molar-refractivity contribution in [3.63, 3.8) is 0 Å². The van der Waals surface area contributed by atoms with E-state index in [1.54, 1.807) is 0 Å². The van der Waals surface area contributed by atoms with Gasteiger partial charge in [-0.1, -0.05) is 0 Å². The van der Waals surface area contributed by atoms with Gasteiger partial charge in [0.2, 0.25) is 0 Å². The first-order chi connectivity index (χ1) is 13.1. The number of halogens is 13. The summed E-state index contributed by atoms with van der Waals surface area (Å²) in [6.45, 7) is 0. The van der Waals surface area contributed by atoms with Gasteiger partial charge in [-0.2, -0.15) is 57.1 Å². The predicted molar refractivity (Wildman–Crippen MR) is 69.2 cm³/mol. The van der Waals surface area contributed by atoms with E-state index in [9.17, 15) is 61.9 Å².